The largest absolute Gasteiger partial charge is 0.493 e. The molecule has 0 spiro atoms. The van der Waals surface area contributed by atoms with E-state index in [1.807, 2.05) is 30.3 Å². The van der Waals surface area contributed by atoms with Crippen molar-refractivity contribution in [2.45, 2.75) is 19.4 Å². The summed E-state index contributed by atoms with van der Waals surface area (Å²) in [6.45, 7) is 0.673. The molecule has 1 heterocycles. The number of nitrogens with one attached hydrogen (secondary N) is 1. The molecule has 30 heavy (non-hydrogen) atoms. The fourth-order valence-electron chi connectivity index (χ4n) is 2.95. The van der Waals surface area contributed by atoms with E-state index in [9.17, 15) is 9.59 Å². The van der Waals surface area contributed by atoms with Crippen LogP contribution in [0, 0.1) is 11.8 Å². The fraction of sp³-hybridized carbons (Fsp3) is 0.261. The van der Waals surface area contributed by atoms with E-state index in [2.05, 4.69) is 22.1 Å². The minimum Gasteiger partial charge on any atom is -0.493 e. The Hall–Kier alpha value is -3.79. The van der Waals surface area contributed by atoms with Crippen molar-refractivity contribution in [2.24, 2.45) is 0 Å². The Morgan fingerprint density at radius 2 is 1.87 bits per heavy atom. The van der Waals surface area contributed by atoms with Crippen LogP contribution in [0.25, 0.3) is 10.9 Å². The van der Waals surface area contributed by atoms with Crippen molar-refractivity contribution in [3.63, 3.8) is 0 Å². The highest BCUT2D eigenvalue weighted by Gasteiger charge is 2.11. The van der Waals surface area contributed by atoms with Gasteiger partial charge in [0.1, 0.15) is 0 Å². The van der Waals surface area contributed by atoms with Gasteiger partial charge in [-0.1, -0.05) is 30.0 Å². The summed E-state index contributed by atoms with van der Waals surface area (Å²) in [5.74, 6) is 6.79. The number of fused-ring (bicyclic) bond motifs is 1. The summed E-state index contributed by atoms with van der Waals surface area (Å²) in [6.07, 6.45) is 2.29. The molecule has 0 saturated carbocycles. The lowest BCUT2D eigenvalue weighted by molar-refractivity contribution is -0.120. The van der Waals surface area contributed by atoms with Crippen LogP contribution in [-0.4, -0.2) is 36.2 Å². The topological polar surface area (TPSA) is 82.5 Å². The Morgan fingerprint density at radius 1 is 1.13 bits per heavy atom. The normalized spacial score (nSPS) is 10.2. The number of benzene rings is 2. The minimum absolute atomic E-state index is 0.106. The van der Waals surface area contributed by atoms with Crippen LogP contribution < -0.4 is 20.3 Å². The number of aryl methyl sites for hydroxylation is 1. The molecule has 0 fully saturated rings. The number of methoxy groups -OCH3 is 2. The van der Waals surface area contributed by atoms with E-state index in [-0.39, 0.29) is 18.0 Å². The third-order valence-corrected chi connectivity index (χ3v) is 4.51. The maximum Gasteiger partial charge on any atom is 0.261 e. The molecule has 0 saturated heterocycles. The number of ether oxygens (including phenoxy) is 2. The Kier molecular flexibility index (Phi) is 7.06. The number of hydrogen-bond donors (Lipinski definition) is 1. The Labute approximate surface area is 174 Å². The molecule has 0 aliphatic heterocycles. The summed E-state index contributed by atoms with van der Waals surface area (Å²) in [4.78, 5) is 29.0. The number of hydrogen-bond acceptors (Lipinski definition) is 5. The van der Waals surface area contributed by atoms with Crippen LogP contribution in [0.1, 0.15) is 18.4 Å². The van der Waals surface area contributed by atoms with Crippen LogP contribution >= 0.6 is 0 Å². The standard InChI is InChI=1S/C23H23N3O4/c1-29-20-14-18-19(15-21(20)30-2)25-16-26(23(18)28)13-7-11-22(27)24-12-6-10-17-8-4-3-5-9-17/h3-5,8-9,14-16H,7,11-13H2,1-2H3,(H,24,27). The minimum atomic E-state index is -0.185. The molecule has 0 bridgehead atoms. The predicted octanol–water partition coefficient (Wildman–Crippen LogP) is 2.36. The first-order valence-corrected chi connectivity index (χ1v) is 9.54. The highest BCUT2D eigenvalue weighted by Crippen LogP contribution is 2.29. The predicted molar refractivity (Wildman–Crippen MR) is 115 cm³/mol. The van der Waals surface area contributed by atoms with E-state index in [1.165, 1.54) is 25.1 Å². The summed E-state index contributed by atoms with van der Waals surface area (Å²) in [7, 11) is 3.05. The van der Waals surface area contributed by atoms with Crippen molar-refractivity contribution in [1.29, 1.82) is 0 Å². The van der Waals surface area contributed by atoms with Crippen molar-refractivity contribution in [2.75, 3.05) is 20.8 Å². The first-order chi connectivity index (χ1) is 14.6. The number of aromatic nitrogens is 2. The van der Waals surface area contributed by atoms with Crippen molar-refractivity contribution in [3.05, 3.63) is 64.7 Å². The molecule has 7 heteroatoms. The quantitative estimate of drug-likeness (QED) is 0.610. The van der Waals surface area contributed by atoms with E-state index in [0.717, 1.165) is 5.56 Å². The van der Waals surface area contributed by atoms with Gasteiger partial charge in [0.05, 0.1) is 38.0 Å². The van der Waals surface area contributed by atoms with Gasteiger partial charge in [0.15, 0.2) is 11.5 Å². The zero-order chi connectivity index (χ0) is 21.3. The Bertz CT molecular complexity index is 1140. The van der Waals surface area contributed by atoms with Crippen LogP contribution in [0.3, 0.4) is 0 Å². The van der Waals surface area contributed by atoms with Gasteiger partial charge in [0.25, 0.3) is 5.56 Å². The maximum absolute atomic E-state index is 12.7. The highest BCUT2D eigenvalue weighted by molar-refractivity contribution is 5.81. The summed E-state index contributed by atoms with van der Waals surface area (Å²) >= 11 is 0. The molecule has 0 aliphatic rings. The average Bonchev–Trinajstić information content (AvgIpc) is 2.78. The first kappa shape index (κ1) is 20.9. The van der Waals surface area contributed by atoms with Gasteiger partial charge >= 0.3 is 0 Å². The molecule has 2 aromatic carbocycles. The second kappa shape index (κ2) is 10.1. The molecule has 3 rings (SSSR count). The first-order valence-electron chi connectivity index (χ1n) is 9.54. The lowest BCUT2D eigenvalue weighted by Gasteiger charge is -2.10. The molecule has 0 atom stereocenters. The van der Waals surface area contributed by atoms with Gasteiger partial charge in [0, 0.05) is 24.6 Å². The molecule has 154 valence electrons. The number of rotatable bonds is 7. The van der Waals surface area contributed by atoms with E-state index >= 15 is 0 Å². The molecule has 0 radical (unpaired) electrons. The summed E-state index contributed by atoms with van der Waals surface area (Å²) < 4.78 is 12.0. The van der Waals surface area contributed by atoms with Gasteiger partial charge in [-0.2, -0.15) is 0 Å². The smallest absolute Gasteiger partial charge is 0.261 e. The van der Waals surface area contributed by atoms with Gasteiger partial charge < -0.3 is 14.8 Å². The zero-order valence-electron chi connectivity index (χ0n) is 17.0. The third kappa shape index (κ3) is 5.17. The molecule has 1 aromatic heterocycles. The SMILES string of the molecule is COc1cc2ncn(CCCC(=O)NCC#Cc3ccccc3)c(=O)c2cc1OC. The monoisotopic (exact) mass is 405 g/mol. The van der Waals surface area contributed by atoms with Gasteiger partial charge in [-0.05, 0) is 24.6 Å². The van der Waals surface area contributed by atoms with Gasteiger partial charge in [0.2, 0.25) is 5.91 Å². The van der Waals surface area contributed by atoms with Crippen molar-refractivity contribution in [1.82, 2.24) is 14.9 Å². The molecule has 1 amide bonds. The highest BCUT2D eigenvalue weighted by atomic mass is 16.5. The van der Waals surface area contributed by atoms with Crippen molar-refractivity contribution in [3.8, 4) is 23.3 Å². The number of carbonyl (C=O) groups excluding carboxylic acids is 1. The zero-order valence-corrected chi connectivity index (χ0v) is 17.0. The van der Waals surface area contributed by atoms with E-state index in [4.69, 9.17) is 9.47 Å². The van der Waals surface area contributed by atoms with Crippen LogP contribution in [0.5, 0.6) is 11.5 Å². The van der Waals surface area contributed by atoms with Crippen molar-refractivity contribution < 1.29 is 14.3 Å². The van der Waals surface area contributed by atoms with E-state index < -0.39 is 0 Å². The van der Waals surface area contributed by atoms with Crippen LogP contribution in [0.2, 0.25) is 0 Å². The van der Waals surface area contributed by atoms with E-state index in [0.29, 0.717) is 41.8 Å². The molecular weight excluding hydrogens is 382 g/mol. The molecule has 3 aromatic rings. The molecule has 0 aliphatic carbocycles. The second-order valence-corrected chi connectivity index (χ2v) is 6.52. The van der Waals surface area contributed by atoms with Gasteiger partial charge in [-0.15, -0.1) is 0 Å². The Balaban J connectivity index is 1.55. The second-order valence-electron chi connectivity index (χ2n) is 6.52. The van der Waals surface area contributed by atoms with Gasteiger partial charge in [-0.25, -0.2) is 4.98 Å². The summed E-state index contributed by atoms with van der Waals surface area (Å²) in [5, 5.41) is 3.21. The number of amides is 1. The lowest BCUT2D eigenvalue weighted by Crippen LogP contribution is -2.25. The van der Waals surface area contributed by atoms with Gasteiger partial charge in [-0.3, -0.25) is 14.2 Å². The van der Waals surface area contributed by atoms with Crippen LogP contribution in [0.4, 0.5) is 0 Å². The van der Waals surface area contributed by atoms with E-state index in [1.54, 1.807) is 12.1 Å². The maximum atomic E-state index is 12.7. The van der Waals surface area contributed by atoms with Crippen LogP contribution in [-0.2, 0) is 11.3 Å². The molecule has 1 N–H and O–H groups in total. The van der Waals surface area contributed by atoms with Crippen LogP contribution in [0.15, 0.2) is 53.6 Å². The molecule has 0 unspecified atom stereocenters. The Morgan fingerprint density at radius 3 is 2.60 bits per heavy atom. The number of nitrogens with zero attached hydrogens (tertiary/aromatic N) is 2. The lowest BCUT2D eigenvalue weighted by atomic mass is 10.2. The fourth-order valence-corrected chi connectivity index (χ4v) is 2.95. The molecule has 7 nitrogen and oxygen atoms in total. The average molecular weight is 405 g/mol. The summed E-state index contributed by atoms with van der Waals surface area (Å²) in [6, 6.07) is 12.9. The third-order valence-electron chi connectivity index (χ3n) is 4.51. The molecular formula is C23H23N3O4. The number of carbonyl (C=O) groups is 1. The van der Waals surface area contributed by atoms with Crippen molar-refractivity contribution >= 4 is 16.8 Å². The summed E-state index contributed by atoms with van der Waals surface area (Å²) in [5.41, 5.74) is 1.25.